The molecule has 23 heavy (non-hydrogen) atoms. The lowest BCUT2D eigenvalue weighted by Crippen LogP contribution is -2.61. The van der Waals surface area contributed by atoms with E-state index < -0.39 is 0 Å². The van der Waals surface area contributed by atoms with E-state index in [2.05, 4.69) is 20.8 Å². The molecular weight excluding hydrogens is 288 g/mol. The number of Topliss-reactive ketones (excluding diaryl/α,β-unsaturated/α-hetero) is 1. The van der Waals surface area contributed by atoms with Gasteiger partial charge in [-0.3, -0.25) is 4.79 Å². The van der Waals surface area contributed by atoms with Gasteiger partial charge in [0.1, 0.15) is 5.78 Å². The fraction of sp³-hybridized carbons (Fsp3) is 0.950. The molecule has 4 fully saturated rings. The number of carbonyl (C=O) groups excluding carboxylic acids is 1. The zero-order valence-corrected chi connectivity index (χ0v) is 14.8. The molecule has 0 aromatic rings. The first-order valence-electron chi connectivity index (χ1n) is 9.68. The highest BCUT2D eigenvalue weighted by Crippen LogP contribution is 2.66. The Morgan fingerprint density at radius 1 is 1.00 bits per heavy atom. The van der Waals surface area contributed by atoms with E-state index in [1.54, 1.807) is 0 Å². The summed E-state index contributed by atoms with van der Waals surface area (Å²) in [5, 5.41) is 21.3. The quantitative estimate of drug-likeness (QED) is 0.721. The van der Waals surface area contributed by atoms with Gasteiger partial charge < -0.3 is 10.2 Å². The van der Waals surface area contributed by atoms with Crippen LogP contribution in [0.4, 0.5) is 0 Å². The SMILES string of the molecule is C[C@@H]1C2C[C@@H](O)CC[C@]2(C)C2CC[C@]3(C)C(=O)CCC3C2[C@H]1O. The van der Waals surface area contributed by atoms with Gasteiger partial charge in [-0.25, -0.2) is 0 Å². The molecule has 0 amide bonds. The third kappa shape index (κ3) is 1.99. The van der Waals surface area contributed by atoms with E-state index in [-0.39, 0.29) is 34.9 Å². The second kappa shape index (κ2) is 5.05. The molecule has 0 aromatic heterocycles. The molecule has 3 nitrogen and oxygen atoms in total. The van der Waals surface area contributed by atoms with Crippen molar-refractivity contribution in [2.75, 3.05) is 0 Å². The Balaban J connectivity index is 1.73. The topological polar surface area (TPSA) is 57.5 Å². The van der Waals surface area contributed by atoms with Crippen LogP contribution in [0, 0.1) is 40.4 Å². The summed E-state index contributed by atoms with van der Waals surface area (Å²) in [6, 6.07) is 0. The molecule has 4 aliphatic rings. The molecule has 0 aromatic carbocycles. The van der Waals surface area contributed by atoms with Gasteiger partial charge in [-0.1, -0.05) is 20.8 Å². The van der Waals surface area contributed by atoms with Crippen LogP contribution in [0.5, 0.6) is 0 Å². The third-order valence-electron chi connectivity index (χ3n) is 8.85. The Bertz CT molecular complexity index is 517. The first kappa shape index (κ1) is 16.1. The molecule has 4 unspecified atom stereocenters. The molecular formula is C20H32O3. The fourth-order valence-corrected chi connectivity index (χ4v) is 7.42. The Hall–Kier alpha value is -0.410. The number of hydrogen-bond donors (Lipinski definition) is 2. The summed E-state index contributed by atoms with van der Waals surface area (Å²) in [7, 11) is 0. The van der Waals surface area contributed by atoms with Crippen LogP contribution in [0.1, 0.15) is 65.7 Å². The van der Waals surface area contributed by atoms with Crippen molar-refractivity contribution in [3.8, 4) is 0 Å². The van der Waals surface area contributed by atoms with Gasteiger partial charge in [-0.05, 0) is 73.5 Å². The van der Waals surface area contributed by atoms with Gasteiger partial charge in [-0.2, -0.15) is 0 Å². The number of ketones is 1. The van der Waals surface area contributed by atoms with Crippen molar-refractivity contribution in [2.45, 2.75) is 77.9 Å². The smallest absolute Gasteiger partial charge is 0.139 e. The van der Waals surface area contributed by atoms with Crippen LogP contribution in [0.25, 0.3) is 0 Å². The number of aliphatic hydroxyl groups is 2. The fourth-order valence-electron chi connectivity index (χ4n) is 7.42. The van der Waals surface area contributed by atoms with Crippen molar-refractivity contribution >= 4 is 5.78 Å². The largest absolute Gasteiger partial charge is 0.393 e. The monoisotopic (exact) mass is 320 g/mol. The molecule has 4 rings (SSSR count). The van der Waals surface area contributed by atoms with Gasteiger partial charge in [0.15, 0.2) is 0 Å². The first-order valence-corrected chi connectivity index (χ1v) is 9.68. The summed E-state index contributed by atoms with van der Waals surface area (Å²) in [5.74, 6) is 2.27. The highest BCUT2D eigenvalue weighted by atomic mass is 16.3. The van der Waals surface area contributed by atoms with Crippen LogP contribution in [0.2, 0.25) is 0 Å². The molecule has 2 N–H and O–H groups in total. The molecule has 130 valence electrons. The van der Waals surface area contributed by atoms with Crippen molar-refractivity contribution in [1.82, 2.24) is 0 Å². The predicted octanol–water partition coefficient (Wildman–Crippen LogP) is 3.18. The summed E-state index contributed by atoms with van der Waals surface area (Å²) in [6.07, 6.45) is 6.10. The lowest BCUT2D eigenvalue weighted by Gasteiger charge is -2.63. The molecule has 4 aliphatic carbocycles. The number of carbonyl (C=O) groups is 1. The maximum absolute atomic E-state index is 12.5. The summed E-state index contributed by atoms with van der Waals surface area (Å²) < 4.78 is 0. The van der Waals surface area contributed by atoms with E-state index in [0.29, 0.717) is 30.0 Å². The number of fused-ring (bicyclic) bond motifs is 5. The molecule has 0 bridgehead atoms. The highest BCUT2D eigenvalue weighted by molar-refractivity contribution is 5.87. The van der Waals surface area contributed by atoms with E-state index in [1.165, 1.54) is 0 Å². The van der Waals surface area contributed by atoms with E-state index in [9.17, 15) is 15.0 Å². The summed E-state index contributed by atoms with van der Waals surface area (Å²) in [6.45, 7) is 6.77. The number of hydrogen-bond acceptors (Lipinski definition) is 3. The van der Waals surface area contributed by atoms with Crippen molar-refractivity contribution in [2.24, 2.45) is 40.4 Å². The highest BCUT2D eigenvalue weighted by Gasteiger charge is 2.64. The normalized spacial score (nSPS) is 59.2. The van der Waals surface area contributed by atoms with Crippen molar-refractivity contribution < 1.29 is 15.0 Å². The van der Waals surface area contributed by atoms with Gasteiger partial charge in [0.25, 0.3) is 0 Å². The van der Waals surface area contributed by atoms with Crippen LogP contribution < -0.4 is 0 Å². The maximum atomic E-state index is 12.5. The zero-order valence-electron chi connectivity index (χ0n) is 14.8. The van der Waals surface area contributed by atoms with Crippen molar-refractivity contribution in [3.05, 3.63) is 0 Å². The van der Waals surface area contributed by atoms with E-state index in [4.69, 9.17) is 0 Å². The number of aliphatic hydroxyl groups excluding tert-OH is 2. The van der Waals surface area contributed by atoms with Crippen LogP contribution in [-0.2, 0) is 4.79 Å². The zero-order chi connectivity index (χ0) is 16.6. The van der Waals surface area contributed by atoms with Gasteiger partial charge in [0.05, 0.1) is 12.2 Å². The molecule has 0 heterocycles. The van der Waals surface area contributed by atoms with E-state index >= 15 is 0 Å². The Labute approximate surface area is 139 Å². The molecule has 3 heteroatoms. The van der Waals surface area contributed by atoms with E-state index in [0.717, 1.165) is 38.5 Å². The van der Waals surface area contributed by atoms with Gasteiger partial charge in [-0.15, -0.1) is 0 Å². The summed E-state index contributed by atoms with van der Waals surface area (Å²) >= 11 is 0. The second-order valence-corrected chi connectivity index (χ2v) is 9.60. The van der Waals surface area contributed by atoms with Crippen molar-refractivity contribution in [1.29, 1.82) is 0 Å². The standard InChI is InChI=1S/C20H32O3/c1-11-15-10-12(21)6-8-19(15,2)14-7-9-20(3)13(4-5-16(20)22)17(14)18(11)23/h11-15,17-18,21,23H,4-10H2,1-3H3/t11-,12+,13?,14?,15?,17?,18+,19-,20+/m1/s1. The molecule has 4 saturated carbocycles. The predicted molar refractivity (Wildman–Crippen MR) is 88.7 cm³/mol. The van der Waals surface area contributed by atoms with Crippen LogP contribution in [-0.4, -0.2) is 28.2 Å². The third-order valence-corrected chi connectivity index (χ3v) is 8.85. The lowest BCUT2D eigenvalue weighted by atomic mass is 9.42. The van der Waals surface area contributed by atoms with Crippen LogP contribution in [0.3, 0.4) is 0 Å². The van der Waals surface area contributed by atoms with Crippen LogP contribution in [0.15, 0.2) is 0 Å². The molecule has 0 radical (unpaired) electrons. The average molecular weight is 320 g/mol. The lowest BCUT2D eigenvalue weighted by molar-refractivity contribution is -0.194. The average Bonchev–Trinajstić information content (AvgIpc) is 2.82. The van der Waals surface area contributed by atoms with Gasteiger partial charge >= 0.3 is 0 Å². The minimum Gasteiger partial charge on any atom is -0.393 e. The van der Waals surface area contributed by atoms with Crippen LogP contribution >= 0.6 is 0 Å². The molecule has 9 atom stereocenters. The Kier molecular flexibility index (Phi) is 3.53. The second-order valence-electron chi connectivity index (χ2n) is 9.60. The van der Waals surface area contributed by atoms with E-state index in [1.807, 2.05) is 0 Å². The Morgan fingerprint density at radius 3 is 2.48 bits per heavy atom. The molecule has 0 saturated heterocycles. The summed E-state index contributed by atoms with van der Waals surface area (Å²) in [4.78, 5) is 12.5. The first-order chi connectivity index (χ1) is 10.8. The minimum absolute atomic E-state index is 0.181. The molecule has 0 aliphatic heterocycles. The van der Waals surface area contributed by atoms with Gasteiger partial charge in [0.2, 0.25) is 0 Å². The minimum atomic E-state index is -0.307. The van der Waals surface area contributed by atoms with Crippen molar-refractivity contribution in [3.63, 3.8) is 0 Å². The number of rotatable bonds is 0. The summed E-state index contributed by atoms with van der Waals surface area (Å²) in [5.41, 5.74) is 0.0504. The Morgan fingerprint density at radius 2 is 1.74 bits per heavy atom. The molecule has 0 spiro atoms. The van der Waals surface area contributed by atoms with Gasteiger partial charge in [0, 0.05) is 11.8 Å². The maximum Gasteiger partial charge on any atom is 0.139 e.